The van der Waals surface area contributed by atoms with Crippen molar-refractivity contribution < 1.29 is 12.9 Å². The van der Waals surface area contributed by atoms with Crippen LogP contribution < -0.4 is 0 Å². The van der Waals surface area contributed by atoms with Gasteiger partial charge in [-0.1, -0.05) is 5.16 Å². The lowest BCUT2D eigenvalue weighted by atomic mass is 9.96. The van der Waals surface area contributed by atoms with Crippen LogP contribution in [0.4, 0.5) is 0 Å². The van der Waals surface area contributed by atoms with Gasteiger partial charge in [0.25, 0.3) is 0 Å². The van der Waals surface area contributed by atoms with E-state index >= 15 is 0 Å². The van der Waals surface area contributed by atoms with Crippen molar-refractivity contribution in [3.8, 4) is 0 Å². The Hall–Kier alpha value is -1.71. The van der Waals surface area contributed by atoms with Gasteiger partial charge in [-0.05, 0) is 46.9 Å². The third kappa shape index (κ3) is 3.56. The van der Waals surface area contributed by atoms with E-state index in [1.165, 1.54) is 0 Å². The van der Waals surface area contributed by atoms with Crippen LogP contribution >= 0.6 is 0 Å². The summed E-state index contributed by atoms with van der Waals surface area (Å²) in [7, 11) is 2.36. The predicted octanol–water partition coefficient (Wildman–Crippen LogP) is 1.65. The Balaban J connectivity index is 1.84. The van der Waals surface area contributed by atoms with Crippen molar-refractivity contribution in [3.63, 3.8) is 0 Å². The van der Waals surface area contributed by atoms with Crippen molar-refractivity contribution in [2.75, 3.05) is 27.2 Å². The molecule has 3 heterocycles. The zero-order chi connectivity index (χ0) is 19.1. The number of piperidine rings is 1. The summed E-state index contributed by atoms with van der Waals surface area (Å²) in [6.45, 7) is 5.06. The van der Waals surface area contributed by atoms with E-state index in [0.29, 0.717) is 24.5 Å². The van der Waals surface area contributed by atoms with Crippen molar-refractivity contribution in [1.29, 1.82) is 0 Å². The fourth-order valence-corrected chi connectivity index (χ4v) is 5.39. The number of hydrogen-bond acceptors (Lipinski definition) is 6. The van der Waals surface area contributed by atoms with Crippen LogP contribution in [0, 0.1) is 13.8 Å². The number of rotatable bonds is 5. The van der Waals surface area contributed by atoms with Crippen molar-refractivity contribution in [2.45, 2.75) is 44.0 Å². The van der Waals surface area contributed by atoms with Gasteiger partial charge in [-0.15, -0.1) is 0 Å². The number of sulfonamides is 1. The Morgan fingerprint density at radius 2 is 2.08 bits per heavy atom. The molecule has 1 aliphatic heterocycles. The molecule has 0 saturated carbocycles. The van der Waals surface area contributed by atoms with Crippen molar-refractivity contribution >= 4 is 10.0 Å². The quantitative estimate of drug-likeness (QED) is 0.783. The first kappa shape index (κ1) is 19.1. The molecule has 2 aromatic rings. The largest absolute Gasteiger partial charge is 0.360 e. The summed E-state index contributed by atoms with van der Waals surface area (Å²) in [5.74, 6) is 0.442. The summed E-state index contributed by atoms with van der Waals surface area (Å²) in [5.41, 5.74) is 2.49. The molecule has 0 bridgehead atoms. The van der Waals surface area contributed by atoms with Crippen LogP contribution in [0.2, 0.25) is 0 Å². The van der Waals surface area contributed by atoms with Gasteiger partial charge in [0.1, 0.15) is 10.6 Å². The average Bonchev–Trinajstić information content (AvgIpc) is 3.10. The molecular weight excluding hydrogens is 354 g/mol. The summed E-state index contributed by atoms with van der Waals surface area (Å²) in [5, 5.41) is 8.44. The highest BCUT2D eigenvalue weighted by atomic mass is 32.2. The molecular formula is C17H27N5O3S. The van der Waals surface area contributed by atoms with E-state index in [0.717, 1.165) is 30.8 Å². The Morgan fingerprint density at radius 1 is 1.35 bits per heavy atom. The van der Waals surface area contributed by atoms with Crippen molar-refractivity contribution in [1.82, 2.24) is 24.1 Å². The van der Waals surface area contributed by atoms with Gasteiger partial charge in [0, 0.05) is 32.6 Å². The second-order valence-corrected chi connectivity index (χ2v) is 9.15. The van der Waals surface area contributed by atoms with E-state index in [4.69, 9.17) is 4.52 Å². The first-order valence-electron chi connectivity index (χ1n) is 8.80. The van der Waals surface area contributed by atoms with Gasteiger partial charge in [0.15, 0.2) is 5.76 Å². The highest BCUT2D eigenvalue weighted by molar-refractivity contribution is 7.89. The average molecular weight is 382 g/mol. The molecule has 0 N–H and O–H groups in total. The molecule has 0 aromatic carbocycles. The molecule has 2 aromatic heterocycles. The van der Waals surface area contributed by atoms with Crippen LogP contribution in [0.3, 0.4) is 0 Å². The molecule has 3 rings (SSSR count). The monoisotopic (exact) mass is 381 g/mol. The number of aromatic nitrogens is 3. The zero-order valence-electron chi connectivity index (χ0n) is 16.1. The fourth-order valence-electron chi connectivity index (χ4n) is 3.58. The molecule has 1 saturated heterocycles. The molecule has 0 aliphatic carbocycles. The number of hydrogen-bond donors (Lipinski definition) is 0. The maximum Gasteiger partial charge on any atom is 0.248 e. The van der Waals surface area contributed by atoms with E-state index in [9.17, 15) is 8.42 Å². The summed E-state index contributed by atoms with van der Waals surface area (Å²) < 4.78 is 34.7. The van der Waals surface area contributed by atoms with Crippen LogP contribution in [0.25, 0.3) is 0 Å². The standard InChI is InChI=1S/C17H27N5O3S/c1-12-17(13(2)25-19-12)26(23,24)22-8-6-7-14(10-22)16-9-15(11-20(3)4)21(5)18-16/h9,14H,6-8,10-11H2,1-5H3. The Morgan fingerprint density at radius 3 is 2.69 bits per heavy atom. The van der Waals surface area contributed by atoms with Gasteiger partial charge in [0.05, 0.1) is 11.4 Å². The van der Waals surface area contributed by atoms with Gasteiger partial charge >= 0.3 is 0 Å². The second kappa shape index (κ2) is 7.13. The van der Waals surface area contributed by atoms with Gasteiger partial charge in [0.2, 0.25) is 10.0 Å². The normalized spacial score (nSPS) is 19.4. The van der Waals surface area contributed by atoms with E-state index in [-0.39, 0.29) is 10.8 Å². The minimum absolute atomic E-state index is 0.0982. The van der Waals surface area contributed by atoms with Crippen LogP contribution in [0.5, 0.6) is 0 Å². The molecule has 26 heavy (non-hydrogen) atoms. The van der Waals surface area contributed by atoms with Gasteiger partial charge in [-0.3, -0.25) is 4.68 Å². The lowest BCUT2D eigenvalue weighted by Gasteiger charge is -2.31. The predicted molar refractivity (Wildman–Crippen MR) is 97.3 cm³/mol. The van der Waals surface area contributed by atoms with Gasteiger partial charge in [-0.25, -0.2) is 8.42 Å². The summed E-state index contributed by atoms with van der Waals surface area (Å²) >= 11 is 0. The highest BCUT2D eigenvalue weighted by Gasteiger charge is 2.35. The lowest BCUT2D eigenvalue weighted by Crippen LogP contribution is -2.39. The van der Waals surface area contributed by atoms with Gasteiger partial charge < -0.3 is 9.42 Å². The van der Waals surface area contributed by atoms with E-state index in [2.05, 4.69) is 21.2 Å². The summed E-state index contributed by atoms with van der Waals surface area (Å²) in [6, 6.07) is 2.09. The maximum atomic E-state index is 13.1. The van der Waals surface area contributed by atoms with E-state index in [1.807, 2.05) is 25.8 Å². The SMILES string of the molecule is Cc1noc(C)c1S(=O)(=O)N1CCCC(c2cc(CN(C)C)n(C)n2)C1. The van der Waals surface area contributed by atoms with E-state index in [1.54, 1.807) is 18.2 Å². The Labute approximate surface area is 154 Å². The van der Waals surface area contributed by atoms with Crippen molar-refractivity contribution in [2.24, 2.45) is 7.05 Å². The summed E-state index contributed by atoms with van der Waals surface area (Å²) in [4.78, 5) is 2.29. The van der Waals surface area contributed by atoms with Crippen LogP contribution in [0.1, 0.15) is 41.6 Å². The molecule has 9 heteroatoms. The summed E-state index contributed by atoms with van der Waals surface area (Å²) in [6.07, 6.45) is 1.75. The molecule has 1 atom stereocenters. The topological polar surface area (TPSA) is 84.5 Å². The molecule has 1 fully saturated rings. The fraction of sp³-hybridized carbons (Fsp3) is 0.647. The second-order valence-electron chi connectivity index (χ2n) is 7.28. The number of nitrogens with zero attached hydrogens (tertiary/aromatic N) is 5. The molecule has 144 valence electrons. The first-order valence-corrected chi connectivity index (χ1v) is 10.2. The Kier molecular flexibility index (Phi) is 5.23. The van der Waals surface area contributed by atoms with Crippen LogP contribution in [-0.2, 0) is 23.6 Å². The third-order valence-corrected chi connectivity index (χ3v) is 6.95. The third-order valence-electron chi connectivity index (χ3n) is 4.84. The lowest BCUT2D eigenvalue weighted by molar-refractivity contribution is 0.311. The molecule has 8 nitrogen and oxygen atoms in total. The molecule has 1 aliphatic rings. The van der Waals surface area contributed by atoms with Gasteiger partial charge in [-0.2, -0.15) is 9.40 Å². The van der Waals surface area contributed by atoms with Crippen LogP contribution in [0.15, 0.2) is 15.5 Å². The zero-order valence-corrected chi connectivity index (χ0v) is 16.9. The number of aryl methyl sites for hydroxylation is 3. The van der Waals surface area contributed by atoms with Crippen LogP contribution in [-0.4, -0.2) is 59.7 Å². The maximum absolute atomic E-state index is 13.1. The molecule has 0 radical (unpaired) electrons. The highest BCUT2D eigenvalue weighted by Crippen LogP contribution is 2.32. The van der Waals surface area contributed by atoms with Crippen molar-refractivity contribution in [3.05, 3.63) is 28.9 Å². The van der Waals surface area contributed by atoms with E-state index < -0.39 is 10.0 Å². The molecule has 1 unspecified atom stereocenters. The molecule has 0 spiro atoms. The minimum atomic E-state index is -3.61. The molecule has 0 amide bonds. The minimum Gasteiger partial charge on any atom is -0.360 e. The first-order chi connectivity index (χ1) is 12.2. The smallest absolute Gasteiger partial charge is 0.248 e. The Bertz CT molecular complexity index is 865.